The van der Waals surface area contributed by atoms with Gasteiger partial charge in [0.25, 0.3) is 11.3 Å². The van der Waals surface area contributed by atoms with Crippen LogP contribution in [0, 0.1) is 6.92 Å². The van der Waals surface area contributed by atoms with E-state index in [4.69, 9.17) is 4.98 Å². The van der Waals surface area contributed by atoms with Crippen molar-refractivity contribution in [2.24, 2.45) is 0 Å². The highest BCUT2D eigenvalue weighted by Gasteiger charge is 2.37. The molecule has 0 aromatic carbocycles. The van der Waals surface area contributed by atoms with E-state index in [-0.39, 0.29) is 11.2 Å². The quantitative estimate of drug-likeness (QED) is 0.719. The van der Waals surface area contributed by atoms with Crippen LogP contribution in [0.15, 0.2) is 35.4 Å². The number of aromatic hydroxyl groups is 1. The third-order valence-electron chi connectivity index (χ3n) is 5.57. The van der Waals surface area contributed by atoms with Gasteiger partial charge in [0.05, 0.1) is 18.3 Å². The lowest BCUT2D eigenvalue weighted by atomic mass is 9.97. The van der Waals surface area contributed by atoms with Crippen molar-refractivity contribution in [3.05, 3.63) is 52.2 Å². The van der Waals surface area contributed by atoms with Crippen molar-refractivity contribution in [1.82, 2.24) is 24.6 Å². The summed E-state index contributed by atoms with van der Waals surface area (Å²) >= 11 is 0. The van der Waals surface area contributed by atoms with Gasteiger partial charge >= 0.3 is 0 Å². The van der Waals surface area contributed by atoms with Crippen LogP contribution in [0.5, 0.6) is 5.75 Å². The Morgan fingerprint density at radius 2 is 2.04 bits per heavy atom. The van der Waals surface area contributed by atoms with Gasteiger partial charge in [-0.25, -0.2) is 4.98 Å². The zero-order valence-electron chi connectivity index (χ0n) is 16.0. The van der Waals surface area contributed by atoms with Crippen LogP contribution in [-0.2, 0) is 12.1 Å². The first-order valence-corrected chi connectivity index (χ1v) is 9.41. The molecule has 3 aromatic heterocycles. The Kier molecular flexibility index (Phi) is 4.41. The molecule has 3 aromatic rings. The molecule has 0 spiro atoms. The first-order valence-electron chi connectivity index (χ1n) is 9.41. The molecule has 1 aliphatic carbocycles. The van der Waals surface area contributed by atoms with Gasteiger partial charge in [0.2, 0.25) is 0 Å². The lowest BCUT2D eigenvalue weighted by Crippen LogP contribution is -2.37. The zero-order chi connectivity index (χ0) is 19.9. The number of aromatic nitrogens is 4. The summed E-state index contributed by atoms with van der Waals surface area (Å²) in [7, 11) is 1.43. The minimum Gasteiger partial charge on any atom is -0.503 e. The maximum absolute atomic E-state index is 12.1. The molecule has 3 heterocycles. The topological polar surface area (TPSA) is 102 Å². The number of aryl methyl sites for hydroxylation is 1. The molecule has 1 fully saturated rings. The molecule has 1 amide bonds. The number of pyridine rings is 1. The Bertz CT molecular complexity index is 1110. The fraction of sp³-hybridized carbons (Fsp3) is 0.400. The summed E-state index contributed by atoms with van der Waals surface area (Å²) in [6.45, 7) is 2.40. The van der Waals surface area contributed by atoms with E-state index in [2.05, 4.69) is 21.0 Å². The molecule has 8 heteroatoms. The average molecular weight is 381 g/mol. The van der Waals surface area contributed by atoms with E-state index >= 15 is 0 Å². The van der Waals surface area contributed by atoms with Crippen LogP contribution >= 0.6 is 0 Å². The fourth-order valence-corrected chi connectivity index (χ4v) is 4.17. The van der Waals surface area contributed by atoms with Gasteiger partial charge in [-0.3, -0.25) is 14.3 Å². The summed E-state index contributed by atoms with van der Waals surface area (Å²) in [6.07, 6.45) is 7.34. The number of hydrogen-bond acceptors (Lipinski definition) is 5. The highest BCUT2D eigenvalue weighted by atomic mass is 16.3. The second-order valence-corrected chi connectivity index (χ2v) is 7.45. The molecule has 0 bridgehead atoms. The van der Waals surface area contributed by atoms with Crippen molar-refractivity contribution in [2.75, 3.05) is 7.05 Å². The minimum absolute atomic E-state index is 0.281. The number of fused-ring (bicyclic) bond motifs is 1. The van der Waals surface area contributed by atoms with Gasteiger partial charge in [-0.05, 0) is 38.0 Å². The smallest absolute Gasteiger partial charge is 0.275 e. The minimum atomic E-state index is -0.764. The molecular formula is C20H23N5O3. The second-order valence-electron chi connectivity index (χ2n) is 7.45. The number of nitrogens with zero attached hydrogens (tertiary/aromatic N) is 4. The standard InChI is InChI=1S/C20H23N5O3/c1-13-5-6-14-7-10-25(18(14)22-13)20(8-3-4-9-20)12-24-11-15(26)17(27)16(23-24)19(28)21-2/h5-7,10-11,26H,3-4,8-9,12H2,1-2H3,(H,21,28). The maximum atomic E-state index is 12.1. The van der Waals surface area contributed by atoms with E-state index in [1.165, 1.54) is 17.9 Å². The molecule has 0 atom stereocenters. The fourth-order valence-electron chi connectivity index (χ4n) is 4.17. The van der Waals surface area contributed by atoms with Crippen LogP contribution in [0.4, 0.5) is 0 Å². The normalized spacial score (nSPS) is 15.8. The van der Waals surface area contributed by atoms with E-state index in [0.717, 1.165) is 42.4 Å². The van der Waals surface area contributed by atoms with Gasteiger partial charge in [0, 0.05) is 24.3 Å². The molecule has 0 aliphatic heterocycles. The summed E-state index contributed by atoms with van der Waals surface area (Å²) in [5.74, 6) is -1.09. The predicted molar refractivity (Wildman–Crippen MR) is 104 cm³/mol. The number of carbonyl (C=O) groups excluding carboxylic acids is 1. The van der Waals surface area contributed by atoms with E-state index in [0.29, 0.717) is 6.54 Å². The second kappa shape index (κ2) is 6.78. The lowest BCUT2D eigenvalue weighted by molar-refractivity contribution is 0.0952. The molecule has 0 radical (unpaired) electrons. The molecule has 8 nitrogen and oxygen atoms in total. The summed E-state index contributed by atoms with van der Waals surface area (Å²) < 4.78 is 3.70. The first kappa shape index (κ1) is 18.2. The monoisotopic (exact) mass is 381 g/mol. The molecule has 28 heavy (non-hydrogen) atoms. The molecule has 1 aliphatic rings. The molecule has 2 N–H and O–H groups in total. The van der Waals surface area contributed by atoms with Gasteiger partial charge in [-0.15, -0.1) is 0 Å². The van der Waals surface area contributed by atoms with Crippen LogP contribution in [0.1, 0.15) is 41.9 Å². The number of carbonyl (C=O) groups is 1. The Morgan fingerprint density at radius 1 is 1.29 bits per heavy atom. The predicted octanol–water partition coefficient (Wildman–Crippen LogP) is 1.94. The van der Waals surface area contributed by atoms with E-state index < -0.39 is 17.1 Å². The Labute approximate surface area is 161 Å². The molecular weight excluding hydrogens is 358 g/mol. The third-order valence-corrected chi connectivity index (χ3v) is 5.57. The van der Waals surface area contributed by atoms with E-state index in [1.54, 1.807) is 0 Å². The van der Waals surface area contributed by atoms with Crippen molar-refractivity contribution in [1.29, 1.82) is 0 Å². The van der Waals surface area contributed by atoms with Crippen molar-refractivity contribution < 1.29 is 9.90 Å². The van der Waals surface area contributed by atoms with Crippen molar-refractivity contribution >= 4 is 16.9 Å². The highest BCUT2D eigenvalue weighted by molar-refractivity contribution is 5.92. The zero-order valence-corrected chi connectivity index (χ0v) is 16.0. The van der Waals surface area contributed by atoms with Crippen LogP contribution < -0.4 is 10.7 Å². The number of rotatable bonds is 4. The Balaban J connectivity index is 1.81. The maximum Gasteiger partial charge on any atom is 0.275 e. The van der Waals surface area contributed by atoms with Gasteiger partial charge in [-0.2, -0.15) is 5.10 Å². The van der Waals surface area contributed by atoms with Crippen LogP contribution in [-0.4, -0.2) is 37.4 Å². The van der Waals surface area contributed by atoms with E-state index in [9.17, 15) is 14.7 Å². The Hall–Kier alpha value is -3.16. The van der Waals surface area contributed by atoms with Crippen molar-refractivity contribution in [2.45, 2.75) is 44.7 Å². The SMILES string of the molecule is CNC(=O)c1nn(CC2(n3ccc4ccc(C)nc43)CCCC2)cc(O)c1=O. The first-order chi connectivity index (χ1) is 13.4. The van der Waals surface area contributed by atoms with Gasteiger partial charge in [0.1, 0.15) is 5.65 Å². The van der Waals surface area contributed by atoms with E-state index in [1.807, 2.05) is 25.3 Å². The molecule has 0 saturated heterocycles. The molecule has 1 saturated carbocycles. The average Bonchev–Trinajstić information content (AvgIpc) is 3.31. The lowest BCUT2D eigenvalue weighted by Gasteiger charge is -2.32. The summed E-state index contributed by atoms with van der Waals surface area (Å²) in [5.41, 5.74) is 0.513. The summed E-state index contributed by atoms with van der Waals surface area (Å²) in [4.78, 5) is 28.8. The highest BCUT2D eigenvalue weighted by Crippen LogP contribution is 2.40. The third kappa shape index (κ3) is 2.94. The largest absolute Gasteiger partial charge is 0.503 e. The molecule has 4 rings (SSSR count). The Morgan fingerprint density at radius 3 is 2.75 bits per heavy atom. The van der Waals surface area contributed by atoms with Gasteiger partial charge < -0.3 is 15.0 Å². The van der Waals surface area contributed by atoms with Crippen molar-refractivity contribution in [3.63, 3.8) is 0 Å². The van der Waals surface area contributed by atoms with Crippen LogP contribution in [0.3, 0.4) is 0 Å². The van der Waals surface area contributed by atoms with Crippen LogP contribution in [0.25, 0.3) is 11.0 Å². The number of amides is 1. The summed E-state index contributed by atoms with van der Waals surface area (Å²) in [5, 5.41) is 17.7. The summed E-state index contributed by atoms with van der Waals surface area (Å²) in [6, 6.07) is 6.10. The van der Waals surface area contributed by atoms with Gasteiger partial charge in [-0.1, -0.05) is 12.8 Å². The molecule has 0 unspecified atom stereocenters. The van der Waals surface area contributed by atoms with Crippen molar-refractivity contribution in [3.8, 4) is 5.75 Å². The number of nitrogens with one attached hydrogen (secondary N) is 1. The number of hydrogen-bond donors (Lipinski definition) is 2. The van der Waals surface area contributed by atoms with Crippen LogP contribution in [0.2, 0.25) is 0 Å². The molecule has 146 valence electrons. The van der Waals surface area contributed by atoms with Gasteiger partial charge in [0.15, 0.2) is 11.4 Å².